The molecule has 0 aliphatic carbocycles. The number of carboxylic acids is 1. The van der Waals surface area contributed by atoms with Crippen LogP contribution in [0.1, 0.15) is 44.6 Å². The van der Waals surface area contributed by atoms with Crippen LogP contribution in [0.15, 0.2) is 24.3 Å². The van der Waals surface area contributed by atoms with Crippen molar-refractivity contribution in [2.45, 2.75) is 51.9 Å². The Bertz CT molecular complexity index is 1030. The number of Topliss-reactive ketones (excluding diaryl/α,β-unsaturated/α-hetero) is 1. The first-order valence-corrected chi connectivity index (χ1v) is 9.87. The Morgan fingerprint density at radius 3 is 2.48 bits per heavy atom. The number of nitrogens with zero attached hydrogens (tertiary/aromatic N) is 2. The fourth-order valence-electron chi connectivity index (χ4n) is 3.40. The number of fused-ring (bicyclic) bond motifs is 1. The van der Waals surface area contributed by atoms with Gasteiger partial charge in [-0.3, -0.25) is 9.69 Å². The van der Waals surface area contributed by atoms with Gasteiger partial charge in [0.15, 0.2) is 5.78 Å². The van der Waals surface area contributed by atoms with Crippen molar-refractivity contribution >= 4 is 28.7 Å². The lowest BCUT2D eigenvalue weighted by molar-refractivity contribution is -0.142. The topological polar surface area (TPSA) is 115 Å². The van der Waals surface area contributed by atoms with Crippen molar-refractivity contribution in [2.75, 3.05) is 13.7 Å². The molecule has 3 rings (SSSR count). The molecular formula is C22H26N2O7. The molecular weight excluding hydrogens is 404 g/mol. The summed E-state index contributed by atoms with van der Waals surface area (Å²) < 4.78 is 16.7. The lowest BCUT2D eigenvalue weighted by atomic mass is 10.1. The van der Waals surface area contributed by atoms with Crippen molar-refractivity contribution in [1.82, 2.24) is 9.88 Å². The van der Waals surface area contributed by atoms with Crippen molar-refractivity contribution in [2.24, 2.45) is 0 Å². The number of pyridine rings is 1. The molecule has 1 amide bonds. The third kappa shape index (κ3) is 5.04. The van der Waals surface area contributed by atoms with Crippen molar-refractivity contribution in [3.63, 3.8) is 0 Å². The summed E-state index contributed by atoms with van der Waals surface area (Å²) in [7, 11) is 1.53. The van der Waals surface area contributed by atoms with Crippen LogP contribution in [0.3, 0.4) is 0 Å². The van der Waals surface area contributed by atoms with Gasteiger partial charge in [0.25, 0.3) is 0 Å². The predicted molar refractivity (Wildman–Crippen MR) is 112 cm³/mol. The second kappa shape index (κ2) is 8.41. The molecule has 31 heavy (non-hydrogen) atoms. The molecule has 1 aliphatic rings. The summed E-state index contributed by atoms with van der Waals surface area (Å²) in [6.45, 7) is 6.59. The summed E-state index contributed by atoms with van der Waals surface area (Å²) in [5.74, 6) is -0.405. The Balaban J connectivity index is 1.92. The molecule has 9 nitrogen and oxygen atoms in total. The van der Waals surface area contributed by atoms with E-state index in [1.165, 1.54) is 20.1 Å². The van der Waals surface area contributed by atoms with Crippen LogP contribution in [-0.2, 0) is 9.53 Å². The molecule has 1 aliphatic heterocycles. The van der Waals surface area contributed by atoms with Gasteiger partial charge in [0.05, 0.1) is 19.2 Å². The molecule has 0 saturated carbocycles. The van der Waals surface area contributed by atoms with Crippen LogP contribution < -0.4 is 9.47 Å². The van der Waals surface area contributed by atoms with Crippen LogP contribution in [0.25, 0.3) is 10.9 Å². The molecule has 166 valence electrons. The lowest BCUT2D eigenvalue weighted by Crippen LogP contribution is -2.43. The van der Waals surface area contributed by atoms with E-state index in [1.807, 2.05) is 0 Å². The van der Waals surface area contributed by atoms with Gasteiger partial charge in [0, 0.05) is 30.9 Å². The highest BCUT2D eigenvalue weighted by Crippen LogP contribution is 2.32. The monoisotopic (exact) mass is 430 g/mol. The quantitative estimate of drug-likeness (QED) is 0.719. The first-order valence-electron chi connectivity index (χ1n) is 9.87. The number of carbonyl (C=O) groups excluding carboxylic acids is 2. The third-order valence-corrected chi connectivity index (χ3v) is 4.81. The van der Waals surface area contributed by atoms with Crippen molar-refractivity contribution < 1.29 is 33.7 Å². The molecule has 1 aromatic heterocycles. The Kier molecular flexibility index (Phi) is 6.06. The fraction of sp³-hybridized carbons (Fsp3) is 0.455. The first-order chi connectivity index (χ1) is 14.5. The van der Waals surface area contributed by atoms with E-state index in [0.717, 1.165) is 4.90 Å². The fourth-order valence-corrected chi connectivity index (χ4v) is 3.40. The molecule has 9 heteroatoms. The number of likely N-dealkylation sites (tertiary alicyclic amines) is 1. The maximum absolute atomic E-state index is 12.5. The zero-order valence-electron chi connectivity index (χ0n) is 18.2. The third-order valence-electron chi connectivity index (χ3n) is 4.81. The molecule has 1 N–H and O–H groups in total. The number of carboxylic acid groups (broad SMARTS) is 1. The standard InChI is InChI=1S/C22H26N2O7/c1-12(25)16-10-19(15-7-6-13(29-5)8-17(15)23-16)30-14-9-18(20(26)27)24(11-14)21(28)31-22(2,3)4/h6-8,10,14,18H,9,11H2,1-5H3,(H,26,27). The molecule has 2 heterocycles. The number of hydrogen-bond donors (Lipinski definition) is 1. The number of rotatable bonds is 5. The zero-order valence-corrected chi connectivity index (χ0v) is 18.2. The number of methoxy groups -OCH3 is 1. The van der Waals surface area contributed by atoms with Crippen molar-refractivity contribution in [3.8, 4) is 11.5 Å². The number of aromatic nitrogens is 1. The van der Waals surface area contributed by atoms with Crippen LogP contribution in [-0.4, -0.2) is 64.2 Å². The van der Waals surface area contributed by atoms with E-state index in [0.29, 0.717) is 22.4 Å². The number of aliphatic carboxylic acids is 1. The summed E-state index contributed by atoms with van der Waals surface area (Å²) in [5, 5.41) is 10.2. The highest BCUT2D eigenvalue weighted by Gasteiger charge is 2.42. The molecule has 0 radical (unpaired) electrons. The largest absolute Gasteiger partial charge is 0.497 e. The average Bonchev–Trinajstić information content (AvgIpc) is 3.10. The molecule has 0 spiro atoms. The predicted octanol–water partition coefficient (Wildman–Crippen LogP) is 3.29. The van der Waals surface area contributed by atoms with E-state index in [2.05, 4.69) is 4.98 Å². The average molecular weight is 430 g/mol. The van der Waals surface area contributed by atoms with E-state index < -0.39 is 29.8 Å². The summed E-state index contributed by atoms with van der Waals surface area (Å²) in [6, 6.07) is 5.65. The van der Waals surface area contributed by atoms with E-state index in [1.54, 1.807) is 39.0 Å². The van der Waals surface area contributed by atoms with Gasteiger partial charge in [-0.15, -0.1) is 0 Å². The molecule has 0 bridgehead atoms. The second-order valence-electron chi connectivity index (χ2n) is 8.41. The van der Waals surface area contributed by atoms with Gasteiger partial charge in [0.2, 0.25) is 0 Å². The Hall–Kier alpha value is -3.36. The van der Waals surface area contributed by atoms with Crippen LogP contribution >= 0.6 is 0 Å². The number of hydrogen-bond acceptors (Lipinski definition) is 7. The number of carbonyl (C=O) groups is 3. The molecule has 2 atom stereocenters. The zero-order chi connectivity index (χ0) is 22.9. The number of ketones is 1. The lowest BCUT2D eigenvalue weighted by Gasteiger charge is -2.26. The van der Waals surface area contributed by atoms with E-state index >= 15 is 0 Å². The molecule has 2 unspecified atom stereocenters. The maximum Gasteiger partial charge on any atom is 0.411 e. The Labute approximate surface area is 179 Å². The summed E-state index contributed by atoms with van der Waals surface area (Å²) in [4.78, 5) is 41.7. The highest BCUT2D eigenvalue weighted by molar-refractivity contribution is 5.97. The second-order valence-corrected chi connectivity index (χ2v) is 8.41. The van der Waals surface area contributed by atoms with Gasteiger partial charge in [-0.1, -0.05) is 0 Å². The van der Waals surface area contributed by atoms with Gasteiger partial charge in [-0.05, 0) is 32.9 Å². The van der Waals surface area contributed by atoms with Crippen LogP contribution in [0, 0.1) is 0 Å². The minimum Gasteiger partial charge on any atom is -0.497 e. The number of amides is 1. The highest BCUT2D eigenvalue weighted by atomic mass is 16.6. The molecule has 1 saturated heterocycles. The number of benzene rings is 1. The van der Waals surface area contributed by atoms with Gasteiger partial charge >= 0.3 is 12.1 Å². The smallest absolute Gasteiger partial charge is 0.411 e. The van der Waals surface area contributed by atoms with Gasteiger partial charge in [0.1, 0.15) is 34.9 Å². The van der Waals surface area contributed by atoms with E-state index in [-0.39, 0.29) is 24.4 Å². The molecule has 1 aromatic carbocycles. The van der Waals surface area contributed by atoms with E-state index in [4.69, 9.17) is 14.2 Å². The Morgan fingerprint density at radius 2 is 1.90 bits per heavy atom. The first kappa shape index (κ1) is 22.3. The normalized spacial score (nSPS) is 18.7. The summed E-state index contributed by atoms with van der Waals surface area (Å²) in [5.41, 5.74) is -0.0260. The van der Waals surface area contributed by atoms with Crippen LogP contribution in [0.4, 0.5) is 4.79 Å². The molecule has 2 aromatic rings. The summed E-state index contributed by atoms with van der Waals surface area (Å²) >= 11 is 0. The summed E-state index contributed by atoms with van der Waals surface area (Å²) in [6.07, 6.45) is -1.22. The van der Waals surface area contributed by atoms with Gasteiger partial charge in [-0.2, -0.15) is 0 Å². The SMILES string of the molecule is COc1ccc2c(OC3CC(C(=O)O)N(C(=O)OC(C)(C)C)C3)cc(C(C)=O)nc2c1. The van der Waals surface area contributed by atoms with Crippen molar-refractivity contribution in [3.05, 3.63) is 30.0 Å². The van der Waals surface area contributed by atoms with Gasteiger partial charge < -0.3 is 19.3 Å². The number of ether oxygens (including phenoxy) is 3. The Morgan fingerprint density at radius 1 is 1.19 bits per heavy atom. The van der Waals surface area contributed by atoms with E-state index in [9.17, 15) is 19.5 Å². The molecule has 1 fully saturated rings. The van der Waals surface area contributed by atoms with Crippen molar-refractivity contribution in [1.29, 1.82) is 0 Å². The van der Waals surface area contributed by atoms with Gasteiger partial charge in [-0.25, -0.2) is 14.6 Å². The minimum absolute atomic E-state index is 0.0429. The minimum atomic E-state index is -1.13. The van der Waals surface area contributed by atoms with Crippen LogP contribution in [0.5, 0.6) is 11.5 Å². The maximum atomic E-state index is 12.5. The van der Waals surface area contributed by atoms with Crippen LogP contribution in [0.2, 0.25) is 0 Å².